The van der Waals surface area contributed by atoms with E-state index in [0.29, 0.717) is 19.0 Å². The van der Waals surface area contributed by atoms with Gasteiger partial charge in [0.25, 0.3) is 0 Å². The normalized spacial score (nSPS) is 16.1. The van der Waals surface area contributed by atoms with E-state index in [1.54, 1.807) is 17.3 Å². The van der Waals surface area contributed by atoms with E-state index in [4.69, 9.17) is 0 Å². The first-order chi connectivity index (χ1) is 11.9. The van der Waals surface area contributed by atoms with Crippen LogP contribution in [-0.2, 0) is 6.18 Å². The molecule has 1 aliphatic heterocycles. The third kappa shape index (κ3) is 3.83. The summed E-state index contributed by atoms with van der Waals surface area (Å²) in [6, 6.07) is 2.60. The number of anilines is 2. The second-order valence-corrected chi connectivity index (χ2v) is 6.26. The lowest BCUT2D eigenvalue weighted by molar-refractivity contribution is -0.137. The van der Waals surface area contributed by atoms with Crippen LogP contribution >= 0.6 is 0 Å². The van der Waals surface area contributed by atoms with Crippen molar-refractivity contribution in [1.29, 1.82) is 0 Å². The summed E-state index contributed by atoms with van der Waals surface area (Å²) in [5.74, 6) is 0.653. The van der Waals surface area contributed by atoms with Crippen molar-refractivity contribution in [3.63, 3.8) is 0 Å². The van der Waals surface area contributed by atoms with Crippen LogP contribution in [0.3, 0.4) is 0 Å². The molecular formula is C17H20F3N5. The fraction of sp³-hybridized carbons (Fsp3) is 0.471. The van der Waals surface area contributed by atoms with Gasteiger partial charge in [0, 0.05) is 44.8 Å². The molecule has 5 nitrogen and oxygen atoms in total. The summed E-state index contributed by atoms with van der Waals surface area (Å²) in [6.07, 6.45) is 1.98. The van der Waals surface area contributed by atoms with E-state index in [0.717, 1.165) is 24.5 Å². The molecule has 0 amide bonds. The number of hydrogen-bond donors (Lipinski definition) is 0. The van der Waals surface area contributed by atoms with Crippen molar-refractivity contribution < 1.29 is 13.2 Å². The number of halogens is 3. The average molecular weight is 351 g/mol. The summed E-state index contributed by atoms with van der Waals surface area (Å²) >= 11 is 0. The second-order valence-electron chi connectivity index (χ2n) is 6.26. The predicted octanol–water partition coefficient (Wildman–Crippen LogP) is 3.30. The van der Waals surface area contributed by atoms with Gasteiger partial charge in [0.15, 0.2) is 0 Å². The second kappa shape index (κ2) is 6.85. The molecule has 3 heterocycles. The van der Waals surface area contributed by atoms with Crippen molar-refractivity contribution in [1.82, 2.24) is 15.0 Å². The summed E-state index contributed by atoms with van der Waals surface area (Å²) < 4.78 is 39.5. The molecule has 0 unspecified atom stereocenters. The van der Waals surface area contributed by atoms with Crippen LogP contribution in [0.1, 0.15) is 24.0 Å². The first kappa shape index (κ1) is 17.4. The lowest BCUT2D eigenvalue weighted by atomic mass is 10.0. The van der Waals surface area contributed by atoms with Gasteiger partial charge in [-0.1, -0.05) is 0 Å². The monoisotopic (exact) mass is 351 g/mol. The molecular weight excluding hydrogens is 331 g/mol. The molecule has 1 aliphatic rings. The number of piperidine rings is 1. The summed E-state index contributed by atoms with van der Waals surface area (Å²) in [7, 11) is 1.92. The van der Waals surface area contributed by atoms with Crippen LogP contribution in [-0.4, -0.2) is 41.1 Å². The van der Waals surface area contributed by atoms with Crippen molar-refractivity contribution in [3.8, 4) is 0 Å². The van der Waals surface area contributed by atoms with Gasteiger partial charge < -0.3 is 9.80 Å². The number of aromatic nitrogens is 3. The molecule has 0 atom stereocenters. The Bertz CT molecular complexity index is 709. The lowest BCUT2D eigenvalue weighted by Crippen LogP contribution is -2.44. The van der Waals surface area contributed by atoms with Crippen molar-refractivity contribution in [2.45, 2.75) is 32.0 Å². The van der Waals surface area contributed by atoms with Gasteiger partial charge in [0.1, 0.15) is 5.82 Å². The number of hydrogen-bond acceptors (Lipinski definition) is 5. The van der Waals surface area contributed by atoms with Crippen LogP contribution in [0, 0.1) is 6.92 Å². The standard InChI is InChI=1S/C17H20F3N5/c1-12-10-22-16(23-11-12)24(2)13-5-8-25(9-6-13)15-14(17(18,19)20)4-3-7-21-15/h3-4,7,10-11,13H,5-6,8-9H2,1-2H3. The van der Waals surface area contributed by atoms with Crippen molar-refractivity contribution >= 4 is 11.8 Å². The average Bonchev–Trinajstić information content (AvgIpc) is 2.61. The van der Waals surface area contributed by atoms with Crippen LogP contribution in [0.15, 0.2) is 30.7 Å². The maximum absolute atomic E-state index is 13.2. The highest BCUT2D eigenvalue weighted by atomic mass is 19.4. The highest BCUT2D eigenvalue weighted by Gasteiger charge is 2.36. The molecule has 8 heteroatoms. The number of pyridine rings is 1. The van der Waals surface area contributed by atoms with Gasteiger partial charge in [-0.25, -0.2) is 15.0 Å². The van der Waals surface area contributed by atoms with Crippen molar-refractivity contribution in [2.24, 2.45) is 0 Å². The Kier molecular flexibility index (Phi) is 4.78. The fourth-order valence-corrected chi connectivity index (χ4v) is 3.07. The third-order valence-electron chi connectivity index (χ3n) is 4.49. The van der Waals surface area contributed by atoms with Gasteiger partial charge in [0.2, 0.25) is 5.95 Å². The SMILES string of the molecule is Cc1cnc(N(C)C2CCN(c3ncccc3C(F)(F)F)CC2)nc1. The Morgan fingerprint density at radius 3 is 2.36 bits per heavy atom. The van der Waals surface area contributed by atoms with E-state index in [9.17, 15) is 13.2 Å². The lowest BCUT2D eigenvalue weighted by Gasteiger charge is -2.37. The van der Waals surface area contributed by atoms with E-state index < -0.39 is 11.7 Å². The molecule has 0 aliphatic carbocycles. The maximum atomic E-state index is 13.2. The zero-order valence-corrected chi connectivity index (χ0v) is 14.2. The van der Waals surface area contributed by atoms with Crippen LogP contribution in [0.2, 0.25) is 0 Å². The van der Waals surface area contributed by atoms with Gasteiger partial charge in [-0.2, -0.15) is 13.2 Å². The predicted molar refractivity (Wildman–Crippen MR) is 89.6 cm³/mol. The van der Waals surface area contributed by atoms with Gasteiger partial charge >= 0.3 is 6.18 Å². The smallest absolute Gasteiger partial charge is 0.356 e. The van der Waals surface area contributed by atoms with Gasteiger partial charge in [-0.05, 0) is 37.5 Å². The summed E-state index contributed by atoms with van der Waals surface area (Å²) in [6.45, 7) is 2.95. The molecule has 0 aromatic carbocycles. The highest BCUT2D eigenvalue weighted by Crippen LogP contribution is 2.36. The van der Waals surface area contributed by atoms with E-state index in [-0.39, 0.29) is 11.9 Å². The van der Waals surface area contributed by atoms with Crippen molar-refractivity contribution in [3.05, 3.63) is 41.9 Å². The third-order valence-corrected chi connectivity index (χ3v) is 4.49. The van der Waals surface area contributed by atoms with Crippen LogP contribution < -0.4 is 9.80 Å². The Morgan fingerprint density at radius 2 is 1.76 bits per heavy atom. The zero-order chi connectivity index (χ0) is 18.0. The van der Waals surface area contributed by atoms with Crippen LogP contribution in [0.5, 0.6) is 0 Å². The molecule has 2 aromatic rings. The number of nitrogens with zero attached hydrogens (tertiary/aromatic N) is 5. The number of rotatable bonds is 3. The minimum Gasteiger partial charge on any atom is -0.356 e. The molecule has 1 fully saturated rings. The minimum atomic E-state index is -4.40. The Morgan fingerprint density at radius 1 is 1.12 bits per heavy atom. The van der Waals surface area contributed by atoms with Crippen LogP contribution in [0.25, 0.3) is 0 Å². The topological polar surface area (TPSA) is 45.2 Å². The van der Waals surface area contributed by atoms with E-state index >= 15 is 0 Å². The van der Waals surface area contributed by atoms with Gasteiger partial charge in [-0.15, -0.1) is 0 Å². The minimum absolute atomic E-state index is 0.0164. The summed E-state index contributed by atoms with van der Waals surface area (Å²) in [5.41, 5.74) is 0.311. The van der Waals surface area contributed by atoms with Crippen LogP contribution in [0.4, 0.5) is 24.9 Å². The van der Waals surface area contributed by atoms with E-state index in [2.05, 4.69) is 15.0 Å². The van der Waals surface area contributed by atoms with Crippen molar-refractivity contribution in [2.75, 3.05) is 29.9 Å². The molecule has 0 bridgehead atoms. The summed E-state index contributed by atoms with van der Waals surface area (Å²) in [5, 5.41) is 0. The molecule has 134 valence electrons. The fourth-order valence-electron chi connectivity index (χ4n) is 3.07. The Hall–Kier alpha value is -2.38. The van der Waals surface area contributed by atoms with Gasteiger partial charge in [0.05, 0.1) is 5.56 Å². The maximum Gasteiger partial charge on any atom is 0.419 e. The molecule has 0 N–H and O–H groups in total. The molecule has 2 aromatic heterocycles. The quantitative estimate of drug-likeness (QED) is 0.849. The first-order valence-corrected chi connectivity index (χ1v) is 8.15. The molecule has 3 rings (SSSR count). The summed E-state index contributed by atoms with van der Waals surface area (Å²) in [4.78, 5) is 16.3. The Balaban J connectivity index is 1.69. The first-order valence-electron chi connectivity index (χ1n) is 8.15. The molecule has 0 radical (unpaired) electrons. The number of aryl methyl sites for hydroxylation is 1. The number of alkyl halides is 3. The van der Waals surface area contributed by atoms with Gasteiger partial charge in [-0.3, -0.25) is 0 Å². The molecule has 0 saturated carbocycles. The van der Waals surface area contributed by atoms with E-state index in [1.807, 2.05) is 18.9 Å². The largest absolute Gasteiger partial charge is 0.419 e. The molecule has 0 spiro atoms. The molecule has 25 heavy (non-hydrogen) atoms. The Labute approximate surface area is 144 Å². The zero-order valence-electron chi connectivity index (χ0n) is 14.2. The highest BCUT2D eigenvalue weighted by molar-refractivity contribution is 5.49. The molecule has 1 saturated heterocycles. The van der Waals surface area contributed by atoms with E-state index in [1.165, 1.54) is 12.3 Å².